The number of rotatable bonds is 2. The van der Waals surface area contributed by atoms with Crippen LogP contribution in [0.15, 0.2) is 21.9 Å². The van der Waals surface area contributed by atoms with Gasteiger partial charge in [-0.05, 0) is 37.1 Å². The number of aryl methyl sites for hydroxylation is 2. The van der Waals surface area contributed by atoms with Crippen LogP contribution >= 0.6 is 0 Å². The van der Waals surface area contributed by atoms with E-state index in [1.165, 1.54) is 13.8 Å². The molecule has 0 aliphatic carbocycles. The van der Waals surface area contributed by atoms with Gasteiger partial charge >= 0.3 is 18.9 Å². The first-order valence-electron chi connectivity index (χ1n) is 4.09. The summed E-state index contributed by atoms with van der Waals surface area (Å²) in [5.74, 6) is 0. The maximum atomic E-state index is 11.0. The van der Waals surface area contributed by atoms with Gasteiger partial charge in [0, 0.05) is 0 Å². The third-order valence-electron chi connectivity index (χ3n) is 1.99. The Morgan fingerprint density at radius 3 is 1.53 bits per heavy atom. The fourth-order valence-electron chi connectivity index (χ4n) is 1.47. The van der Waals surface area contributed by atoms with Crippen LogP contribution in [0.2, 0.25) is 0 Å². The van der Waals surface area contributed by atoms with Gasteiger partial charge in [0.2, 0.25) is 0 Å². The molecule has 0 atom stereocenters. The minimum absolute atomic E-state index is 0. The first-order valence-corrected chi connectivity index (χ1v) is 6.97. The molecule has 0 aromatic heterocycles. The van der Waals surface area contributed by atoms with Crippen LogP contribution in [0.25, 0.3) is 0 Å². The maximum absolute atomic E-state index is 11.0. The van der Waals surface area contributed by atoms with E-state index in [-0.39, 0.29) is 36.3 Å². The molecule has 0 saturated carbocycles. The van der Waals surface area contributed by atoms with Gasteiger partial charge in [-0.15, -0.1) is 0 Å². The second kappa shape index (κ2) is 5.10. The van der Waals surface area contributed by atoms with Crippen molar-refractivity contribution in [2.24, 2.45) is 0 Å². The second-order valence-electron chi connectivity index (χ2n) is 3.34. The van der Waals surface area contributed by atoms with Crippen molar-refractivity contribution in [2.45, 2.75) is 23.6 Å². The first-order chi connectivity index (χ1) is 7.03. The molecule has 92 valence electrons. The van der Waals surface area contributed by atoms with Gasteiger partial charge in [-0.1, -0.05) is 0 Å². The molecule has 0 aliphatic heterocycles. The standard InChI is InChI=1S/C8H10O6S2.Li.H/c1-5-3-7(15(9,10)11)4-6(2)8(5)16(12,13)14;;/h3-4H,1-2H3,(H,9,10,11)(H,12,13,14);;/q;+1;-1. The molecule has 0 spiro atoms. The monoisotopic (exact) mass is 274 g/mol. The topological polar surface area (TPSA) is 109 Å². The molecule has 0 amide bonds. The zero-order valence-corrected chi connectivity index (χ0v) is 11.1. The summed E-state index contributed by atoms with van der Waals surface area (Å²) in [5, 5.41) is 0. The Hall–Kier alpha value is -0.363. The predicted molar refractivity (Wildman–Crippen MR) is 56.7 cm³/mol. The molecule has 1 aromatic rings. The predicted octanol–water partition coefficient (Wildman–Crippen LogP) is -2.09. The fourth-order valence-corrected chi connectivity index (χ4v) is 3.05. The van der Waals surface area contributed by atoms with Crippen LogP contribution in [0.5, 0.6) is 0 Å². The van der Waals surface area contributed by atoms with Crippen molar-refractivity contribution in [1.82, 2.24) is 0 Å². The van der Waals surface area contributed by atoms with Crippen LogP contribution in [-0.2, 0) is 20.2 Å². The molecule has 0 unspecified atom stereocenters. The summed E-state index contributed by atoms with van der Waals surface area (Å²) in [5.41, 5.74) is 0.102. The number of hydrogen-bond donors (Lipinski definition) is 2. The zero-order chi connectivity index (χ0) is 12.7. The Kier molecular flexibility index (Phi) is 4.99. The Balaban J connectivity index is 0. The van der Waals surface area contributed by atoms with Crippen molar-refractivity contribution in [2.75, 3.05) is 0 Å². The average molecular weight is 274 g/mol. The smallest absolute Gasteiger partial charge is 1.00 e. The van der Waals surface area contributed by atoms with Crippen molar-refractivity contribution in [3.63, 3.8) is 0 Å². The summed E-state index contributed by atoms with van der Waals surface area (Å²) >= 11 is 0. The summed E-state index contributed by atoms with van der Waals surface area (Å²) in [7, 11) is -8.79. The minimum Gasteiger partial charge on any atom is -1.00 e. The van der Waals surface area contributed by atoms with E-state index in [1.807, 2.05) is 0 Å². The molecule has 9 heteroatoms. The van der Waals surface area contributed by atoms with Crippen molar-refractivity contribution >= 4 is 20.2 Å². The van der Waals surface area contributed by atoms with E-state index in [0.717, 1.165) is 12.1 Å². The summed E-state index contributed by atoms with van der Waals surface area (Å²) in [6.07, 6.45) is 0. The fraction of sp³-hybridized carbons (Fsp3) is 0.250. The van der Waals surface area contributed by atoms with E-state index in [9.17, 15) is 16.8 Å². The van der Waals surface area contributed by atoms with E-state index >= 15 is 0 Å². The molecule has 0 aliphatic rings. The number of hydrogen-bond acceptors (Lipinski definition) is 4. The van der Waals surface area contributed by atoms with Crippen LogP contribution in [0.1, 0.15) is 12.6 Å². The molecular weight excluding hydrogens is 263 g/mol. The summed E-state index contributed by atoms with van der Waals surface area (Å²) in [4.78, 5) is -0.755. The Labute approximate surface area is 113 Å². The van der Waals surface area contributed by atoms with Gasteiger partial charge in [-0.25, -0.2) is 0 Å². The minimum atomic E-state index is -4.40. The van der Waals surface area contributed by atoms with E-state index in [2.05, 4.69) is 0 Å². The SMILES string of the molecule is Cc1cc(S(=O)(=O)O)cc(C)c1S(=O)(=O)O.[H-].[Li+]. The first kappa shape index (κ1) is 16.6. The molecule has 0 heterocycles. The molecule has 0 bridgehead atoms. The van der Waals surface area contributed by atoms with E-state index < -0.39 is 25.1 Å². The molecule has 1 aromatic carbocycles. The van der Waals surface area contributed by atoms with E-state index in [4.69, 9.17) is 9.11 Å². The third-order valence-corrected chi connectivity index (χ3v) is 3.98. The summed E-state index contributed by atoms with van der Waals surface area (Å²) < 4.78 is 61.3. The van der Waals surface area contributed by atoms with Crippen LogP contribution in [0.4, 0.5) is 0 Å². The third kappa shape index (κ3) is 3.81. The molecule has 0 radical (unpaired) electrons. The Bertz CT molecular complexity index is 615. The molecule has 17 heavy (non-hydrogen) atoms. The molecular formula is C8H11LiO6S2. The van der Waals surface area contributed by atoms with E-state index in [1.54, 1.807) is 0 Å². The average Bonchev–Trinajstić information content (AvgIpc) is 1.97. The molecule has 1 rings (SSSR count). The molecule has 2 N–H and O–H groups in total. The van der Waals surface area contributed by atoms with Gasteiger partial charge in [-0.2, -0.15) is 16.8 Å². The summed E-state index contributed by atoms with van der Waals surface area (Å²) in [6.45, 7) is 2.65. The quantitative estimate of drug-likeness (QED) is 0.473. The molecule has 0 fully saturated rings. The Morgan fingerprint density at radius 1 is 0.941 bits per heavy atom. The number of benzene rings is 1. The normalized spacial score (nSPS) is 12.0. The van der Waals surface area contributed by atoms with Gasteiger partial charge < -0.3 is 1.43 Å². The van der Waals surface area contributed by atoms with Crippen LogP contribution in [-0.4, -0.2) is 25.9 Å². The molecule has 6 nitrogen and oxygen atoms in total. The molecule has 0 saturated heterocycles. The Morgan fingerprint density at radius 2 is 1.29 bits per heavy atom. The summed E-state index contributed by atoms with van der Waals surface area (Å²) in [6, 6.07) is 1.96. The maximum Gasteiger partial charge on any atom is 1.00 e. The van der Waals surface area contributed by atoms with Gasteiger partial charge in [0.15, 0.2) is 0 Å². The van der Waals surface area contributed by atoms with Crippen molar-refractivity contribution in [1.29, 1.82) is 0 Å². The van der Waals surface area contributed by atoms with Crippen LogP contribution in [0.3, 0.4) is 0 Å². The second-order valence-corrected chi connectivity index (χ2v) is 6.12. The van der Waals surface area contributed by atoms with Gasteiger partial charge in [-0.3, -0.25) is 9.11 Å². The van der Waals surface area contributed by atoms with E-state index in [0.29, 0.717) is 0 Å². The van der Waals surface area contributed by atoms with Crippen LogP contribution in [0, 0.1) is 13.8 Å². The van der Waals surface area contributed by atoms with Gasteiger partial charge in [0.05, 0.1) is 9.79 Å². The van der Waals surface area contributed by atoms with Crippen LogP contribution < -0.4 is 18.9 Å². The van der Waals surface area contributed by atoms with Crippen molar-refractivity contribution in [3.05, 3.63) is 23.3 Å². The van der Waals surface area contributed by atoms with Gasteiger partial charge in [0.1, 0.15) is 0 Å². The van der Waals surface area contributed by atoms with Gasteiger partial charge in [0.25, 0.3) is 20.2 Å². The van der Waals surface area contributed by atoms with Crippen molar-refractivity contribution < 1.29 is 46.2 Å². The zero-order valence-electron chi connectivity index (χ0n) is 10.5. The largest absolute Gasteiger partial charge is 1.00 e. The van der Waals surface area contributed by atoms with Crippen molar-refractivity contribution in [3.8, 4) is 0 Å².